The van der Waals surface area contributed by atoms with Gasteiger partial charge in [0.25, 0.3) is 0 Å². The van der Waals surface area contributed by atoms with E-state index in [9.17, 15) is 14.4 Å². The van der Waals surface area contributed by atoms with Gasteiger partial charge >= 0.3 is 24.6 Å². The molecule has 7 nitrogen and oxygen atoms in total. The number of Topliss-reactive ketones (excluding diaryl/α,β-unsaturated/α-hetero) is 1. The SMILES string of the molecule is CC(=O)O[C@@H]1CC2C(C)(C)C(=O)CC[C@]2(C)C2CC[C@]3(C)C(=CC(=O)O[C@H]3C3=COC=[N+]=C3)[C@@]21C. The first kappa shape index (κ1) is 24.1. The average molecular weight is 483 g/mol. The summed E-state index contributed by atoms with van der Waals surface area (Å²) in [5.74, 6) is -0.220. The minimum absolute atomic E-state index is 0.0899. The van der Waals surface area contributed by atoms with Crippen LogP contribution < -0.4 is 4.67 Å². The van der Waals surface area contributed by atoms with Crippen molar-refractivity contribution in [3.05, 3.63) is 23.5 Å². The lowest BCUT2D eigenvalue weighted by Crippen LogP contribution is -2.67. The summed E-state index contributed by atoms with van der Waals surface area (Å²) in [6.45, 7) is 12.2. The maximum atomic E-state index is 13.0. The molecule has 0 N–H and O–H groups in total. The van der Waals surface area contributed by atoms with E-state index < -0.39 is 34.4 Å². The molecule has 2 unspecified atom stereocenters. The molecule has 3 saturated carbocycles. The highest BCUT2D eigenvalue weighted by atomic mass is 16.6. The fraction of sp³-hybridized carbons (Fsp3) is 0.679. The van der Waals surface area contributed by atoms with E-state index in [4.69, 9.17) is 14.2 Å². The zero-order valence-electron chi connectivity index (χ0n) is 21.6. The number of ketones is 1. The monoisotopic (exact) mass is 482 g/mol. The van der Waals surface area contributed by atoms with Crippen molar-refractivity contribution in [1.82, 2.24) is 4.67 Å². The lowest BCUT2D eigenvalue weighted by molar-refractivity contribution is -0.208. The second-order valence-corrected chi connectivity index (χ2v) is 12.3. The highest BCUT2D eigenvalue weighted by Crippen LogP contribution is 2.71. The molecule has 3 fully saturated rings. The number of carbonyl (C=O) groups excluding carboxylic acids is 3. The predicted octanol–water partition coefficient (Wildman–Crippen LogP) is 3.69. The highest BCUT2D eigenvalue weighted by Gasteiger charge is 2.69. The lowest BCUT2D eigenvalue weighted by Gasteiger charge is -2.68. The zero-order chi connectivity index (χ0) is 25.4. The van der Waals surface area contributed by atoms with Gasteiger partial charge in [0.05, 0.1) is 0 Å². The molecule has 5 rings (SSSR count). The summed E-state index contributed by atoms with van der Waals surface area (Å²) in [5, 5.41) is 0. The smallest absolute Gasteiger partial charge is 0.455 e. The van der Waals surface area contributed by atoms with Crippen molar-refractivity contribution in [3.63, 3.8) is 0 Å². The zero-order valence-corrected chi connectivity index (χ0v) is 21.6. The summed E-state index contributed by atoms with van der Waals surface area (Å²) in [7, 11) is 0. The summed E-state index contributed by atoms with van der Waals surface area (Å²) in [6.07, 6.45) is 8.92. The molecule has 0 radical (unpaired) electrons. The van der Waals surface area contributed by atoms with Crippen LogP contribution in [0.15, 0.2) is 23.5 Å². The van der Waals surface area contributed by atoms with Gasteiger partial charge in [0, 0.05) is 35.7 Å². The highest BCUT2D eigenvalue weighted by molar-refractivity contribution is 5.89. The minimum Gasteiger partial charge on any atom is -0.462 e. The maximum absolute atomic E-state index is 13.0. The second-order valence-electron chi connectivity index (χ2n) is 12.3. The number of hydrogen-bond acceptors (Lipinski definition) is 6. The van der Waals surface area contributed by atoms with Crippen LogP contribution in [0.2, 0.25) is 0 Å². The quantitative estimate of drug-likeness (QED) is 0.440. The molecule has 0 aromatic carbocycles. The third-order valence-corrected chi connectivity index (χ3v) is 10.3. The Morgan fingerprint density at radius 3 is 2.51 bits per heavy atom. The number of fused-ring (bicyclic) bond motifs is 5. The van der Waals surface area contributed by atoms with Gasteiger partial charge in [0.15, 0.2) is 0 Å². The van der Waals surface area contributed by atoms with Crippen molar-refractivity contribution in [2.75, 3.05) is 0 Å². The van der Waals surface area contributed by atoms with Crippen LogP contribution in [0.5, 0.6) is 0 Å². The first-order valence-corrected chi connectivity index (χ1v) is 12.7. The van der Waals surface area contributed by atoms with Crippen LogP contribution in [0.1, 0.15) is 73.6 Å². The molecule has 35 heavy (non-hydrogen) atoms. The normalized spacial score (nSPS) is 43.5. The Labute approximate surface area is 206 Å². The van der Waals surface area contributed by atoms with Crippen molar-refractivity contribution in [2.24, 2.45) is 33.5 Å². The number of cyclic esters (lactones) is 1. The van der Waals surface area contributed by atoms with Gasteiger partial charge in [0.1, 0.15) is 29.8 Å². The Hall–Kier alpha value is -2.66. The topological polar surface area (TPSA) is 93.0 Å². The average Bonchev–Trinajstić information content (AvgIpc) is 2.79. The molecule has 0 spiro atoms. The van der Waals surface area contributed by atoms with Gasteiger partial charge in [0.2, 0.25) is 0 Å². The molecule has 7 heteroatoms. The third kappa shape index (κ3) is 3.23. The van der Waals surface area contributed by atoms with E-state index in [1.807, 2.05) is 0 Å². The Kier molecular flexibility index (Phi) is 5.27. The van der Waals surface area contributed by atoms with Gasteiger partial charge in [-0.2, -0.15) is 0 Å². The van der Waals surface area contributed by atoms with E-state index in [1.165, 1.54) is 13.3 Å². The summed E-state index contributed by atoms with van der Waals surface area (Å²) in [6, 6.07) is 0. The van der Waals surface area contributed by atoms with Gasteiger partial charge in [-0.25, -0.2) is 4.79 Å². The van der Waals surface area contributed by atoms with Crippen LogP contribution in [-0.4, -0.2) is 42.5 Å². The number of ether oxygens (including phenoxy) is 3. The van der Waals surface area contributed by atoms with E-state index in [1.54, 1.807) is 18.6 Å². The first-order chi connectivity index (χ1) is 16.3. The fourth-order valence-electron chi connectivity index (χ4n) is 8.65. The second kappa shape index (κ2) is 7.67. The van der Waals surface area contributed by atoms with Crippen molar-refractivity contribution >= 4 is 30.3 Å². The van der Waals surface area contributed by atoms with Crippen LogP contribution in [0.3, 0.4) is 0 Å². The number of esters is 2. The molecule has 2 aliphatic heterocycles. The third-order valence-electron chi connectivity index (χ3n) is 10.3. The summed E-state index contributed by atoms with van der Waals surface area (Å²) >= 11 is 0. The van der Waals surface area contributed by atoms with Crippen LogP contribution in [-0.2, 0) is 28.6 Å². The Balaban J connectivity index is 1.67. The molecule has 0 bridgehead atoms. The fourth-order valence-corrected chi connectivity index (χ4v) is 8.65. The van der Waals surface area contributed by atoms with Gasteiger partial charge in [-0.15, -0.1) is 0 Å². The molecule has 0 amide bonds. The summed E-state index contributed by atoms with van der Waals surface area (Å²) in [4.78, 5) is 38.4. The van der Waals surface area contributed by atoms with Gasteiger partial charge in [-0.3, -0.25) is 9.59 Å². The summed E-state index contributed by atoms with van der Waals surface area (Å²) < 4.78 is 21.4. The molecule has 0 aromatic rings. The predicted molar refractivity (Wildman–Crippen MR) is 130 cm³/mol. The van der Waals surface area contributed by atoms with Crippen molar-refractivity contribution in [3.8, 4) is 0 Å². The van der Waals surface area contributed by atoms with E-state index in [0.717, 1.165) is 24.8 Å². The van der Waals surface area contributed by atoms with Gasteiger partial charge in [-0.05, 0) is 48.5 Å². The largest absolute Gasteiger partial charge is 0.462 e. The lowest BCUT2D eigenvalue weighted by atomic mass is 9.37. The van der Waals surface area contributed by atoms with Crippen molar-refractivity contribution in [1.29, 1.82) is 0 Å². The molecule has 3 aliphatic carbocycles. The standard InChI is InChI=1S/C28H36NO6/c1-16(30)34-22-11-19-25(2,3)21(31)8-10-26(19,4)18-7-9-27(5)20(28(18,22)6)12-23(32)35-24(27)17-13-29-15-33-14-17/h12-15,18-19,22,24H,7-11H2,1-6H3/q+1/t18?,19?,22-,24+,26-,27-,28-/m1/s1. The Morgan fingerprint density at radius 1 is 1.11 bits per heavy atom. The van der Waals surface area contributed by atoms with Crippen LogP contribution >= 0.6 is 0 Å². The Morgan fingerprint density at radius 2 is 1.86 bits per heavy atom. The molecule has 2 heterocycles. The molecule has 188 valence electrons. The molecule has 0 aromatic heterocycles. The number of nitrogens with zero attached hydrogens (tertiary/aromatic N) is 1. The molecule has 7 atom stereocenters. The van der Waals surface area contributed by atoms with Crippen LogP contribution in [0.25, 0.3) is 0 Å². The summed E-state index contributed by atoms with van der Waals surface area (Å²) in [5.41, 5.74) is 0.00582. The number of hydrogen-bond donors (Lipinski definition) is 0. The molecule has 0 saturated heterocycles. The van der Waals surface area contributed by atoms with E-state index in [0.29, 0.717) is 18.4 Å². The molecular weight excluding hydrogens is 446 g/mol. The minimum atomic E-state index is -0.572. The Bertz CT molecular complexity index is 1130. The molecular formula is C28H36NO6+. The maximum Gasteiger partial charge on any atom is 0.455 e. The van der Waals surface area contributed by atoms with Crippen molar-refractivity contribution < 1.29 is 28.6 Å². The van der Waals surface area contributed by atoms with E-state index in [-0.39, 0.29) is 29.0 Å². The van der Waals surface area contributed by atoms with E-state index >= 15 is 0 Å². The van der Waals surface area contributed by atoms with Crippen LogP contribution in [0.4, 0.5) is 0 Å². The van der Waals surface area contributed by atoms with Gasteiger partial charge < -0.3 is 14.2 Å². The van der Waals surface area contributed by atoms with Crippen LogP contribution in [0, 0.1) is 33.5 Å². The number of carbonyl (C=O) groups is 3. The van der Waals surface area contributed by atoms with Crippen molar-refractivity contribution in [2.45, 2.75) is 85.9 Å². The molecule has 5 aliphatic rings. The van der Waals surface area contributed by atoms with E-state index in [2.05, 4.69) is 39.3 Å². The van der Waals surface area contributed by atoms with Gasteiger partial charge in [-0.1, -0.05) is 39.3 Å². The first-order valence-electron chi connectivity index (χ1n) is 12.7. The number of rotatable bonds is 2.